The number of anilines is 1. The molecule has 1 aromatic heterocycles. The second-order valence-electron chi connectivity index (χ2n) is 6.64. The zero-order valence-electron chi connectivity index (χ0n) is 15.3. The van der Waals surface area contributed by atoms with Gasteiger partial charge in [0, 0.05) is 19.0 Å². The minimum Gasteiger partial charge on any atom is -0.323 e. The first-order valence-electron chi connectivity index (χ1n) is 8.80. The Labute approximate surface area is 167 Å². The molecule has 8 heteroatoms. The average molecular weight is 403 g/mol. The Kier molecular flexibility index (Phi) is 5.76. The molecule has 6 nitrogen and oxygen atoms in total. The maximum absolute atomic E-state index is 14.7. The summed E-state index contributed by atoms with van der Waals surface area (Å²) in [6, 6.07) is 10.5. The van der Waals surface area contributed by atoms with Crippen molar-refractivity contribution in [3.05, 3.63) is 69.4 Å². The highest BCUT2D eigenvalue weighted by Crippen LogP contribution is 2.25. The van der Waals surface area contributed by atoms with E-state index in [1.807, 2.05) is 6.07 Å². The largest absolute Gasteiger partial charge is 0.323 e. The second-order valence-corrected chi connectivity index (χ2v) is 6.64. The van der Waals surface area contributed by atoms with Gasteiger partial charge in [-0.25, -0.2) is 9.07 Å². The highest BCUT2D eigenvalue weighted by Gasteiger charge is 2.18. The van der Waals surface area contributed by atoms with Crippen molar-refractivity contribution in [1.82, 2.24) is 15.1 Å². The molecule has 28 heavy (non-hydrogen) atoms. The summed E-state index contributed by atoms with van der Waals surface area (Å²) in [5.74, 6) is -0.750. The van der Waals surface area contributed by atoms with Crippen molar-refractivity contribution in [2.45, 2.75) is 19.4 Å². The molecular formula is C20H20ClFN4O2. The second kappa shape index (κ2) is 8.08. The van der Waals surface area contributed by atoms with Gasteiger partial charge in [-0.1, -0.05) is 24.3 Å². The number of carbonyl (C=O) groups excluding carboxylic acids is 1. The molecule has 4 rings (SSSR count). The Morgan fingerprint density at radius 3 is 2.79 bits per heavy atom. The van der Waals surface area contributed by atoms with Crippen LogP contribution in [0.3, 0.4) is 0 Å². The van der Waals surface area contributed by atoms with Crippen molar-refractivity contribution in [2.75, 3.05) is 11.9 Å². The van der Waals surface area contributed by atoms with E-state index in [1.54, 1.807) is 37.4 Å². The summed E-state index contributed by atoms with van der Waals surface area (Å²) in [5.41, 5.74) is 2.01. The molecule has 2 aromatic carbocycles. The fourth-order valence-electron chi connectivity index (χ4n) is 3.48. The smallest absolute Gasteiger partial charge is 0.274 e. The number of hydrogen-bond donors (Lipinski definition) is 2. The molecule has 1 amide bonds. The lowest BCUT2D eigenvalue weighted by atomic mass is 9.99. The normalized spacial score (nSPS) is 12.9. The van der Waals surface area contributed by atoms with Gasteiger partial charge in [0.05, 0.1) is 23.2 Å². The van der Waals surface area contributed by atoms with E-state index in [2.05, 4.69) is 15.7 Å². The van der Waals surface area contributed by atoms with E-state index in [0.29, 0.717) is 35.0 Å². The summed E-state index contributed by atoms with van der Waals surface area (Å²) in [6.07, 6.45) is 0.546. The molecule has 1 aliphatic rings. The number of aromatic nitrogens is 2. The van der Waals surface area contributed by atoms with Gasteiger partial charge >= 0.3 is 0 Å². The SMILES string of the molecule is Cl.Cn1nc(CC(=O)Nc2ccc3c(c2F)CCNC3)c2ccccc2c1=O. The lowest BCUT2D eigenvalue weighted by molar-refractivity contribution is -0.115. The van der Waals surface area contributed by atoms with E-state index in [0.717, 1.165) is 12.1 Å². The van der Waals surface area contributed by atoms with E-state index in [9.17, 15) is 14.0 Å². The molecule has 1 aliphatic heterocycles. The Balaban J connectivity index is 0.00000225. The lowest BCUT2D eigenvalue weighted by Gasteiger charge is -2.19. The van der Waals surface area contributed by atoms with E-state index < -0.39 is 0 Å². The Morgan fingerprint density at radius 2 is 2.00 bits per heavy atom. The number of benzene rings is 2. The number of rotatable bonds is 3. The minimum atomic E-state index is -0.376. The van der Waals surface area contributed by atoms with Gasteiger partial charge in [-0.2, -0.15) is 5.10 Å². The Hall–Kier alpha value is -2.77. The molecule has 0 bridgehead atoms. The Bertz CT molecular complexity index is 1110. The molecule has 0 aliphatic carbocycles. The number of nitrogens with zero attached hydrogens (tertiary/aromatic N) is 2. The van der Waals surface area contributed by atoms with Gasteiger partial charge in [0.15, 0.2) is 0 Å². The maximum atomic E-state index is 14.7. The first kappa shape index (κ1) is 20.0. The van der Waals surface area contributed by atoms with Crippen LogP contribution in [0.25, 0.3) is 10.8 Å². The van der Waals surface area contributed by atoms with Crippen molar-refractivity contribution < 1.29 is 9.18 Å². The molecule has 2 heterocycles. The van der Waals surface area contributed by atoms with Crippen LogP contribution in [0.5, 0.6) is 0 Å². The quantitative estimate of drug-likeness (QED) is 0.705. The van der Waals surface area contributed by atoms with Gasteiger partial charge in [-0.15, -0.1) is 12.4 Å². The summed E-state index contributed by atoms with van der Waals surface area (Å²) < 4.78 is 15.9. The van der Waals surface area contributed by atoms with Gasteiger partial charge in [-0.3, -0.25) is 9.59 Å². The zero-order valence-corrected chi connectivity index (χ0v) is 16.1. The summed E-state index contributed by atoms with van der Waals surface area (Å²) >= 11 is 0. The molecule has 0 unspecified atom stereocenters. The number of hydrogen-bond acceptors (Lipinski definition) is 4. The third kappa shape index (κ3) is 3.63. The van der Waals surface area contributed by atoms with E-state index in [1.165, 1.54) is 4.68 Å². The zero-order chi connectivity index (χ0) is 19.0. The fraction of sp³-hybridized carbons (Fsp3) is 0.250. The third-order valence-electron chi connectivity index (χ3n) is 4.84. The number of fused-ring (bicyclic) bond motifs is 2. The van der Waals surface area contributed by atoms with Crippen LogP contribution >= 0.6 is 12.4 Å². The van der Waals surface area contributed by atoms with Gasteiger partial charge < -0.3 is 10.6 Å². The standard InChI is InChI=1S/C20H19FN4O2.ClH/c1-25-20(27)15-5-3-2-4-14(15)17(24-25)10-18(26)23-16-7-6-12-11-22-9-8-13(12)19(16)21;/h2-7,22H,8-11H2,1H3,(H,23,26);1H. The van der Waals surface area contributed by atoms with Crippen molar-refractivity contribution >= 4 is 34.8 Å². The van der Waals surface area contributed by atoms with Crippen LogP contribution in [-0.2, 0) is 31.2 Å². The van der Waals surface area contributed by atoms with Crippen molar-refractivity contribution in [3.8, 4) is 0 Å². The highest BCUT2D eigenvalue weighted by atomic mass is 35.5. The van der Waals surface area contributed by atoms with Crippen LogP contribution in [0.15, 0.2) is 41.2 Å². The van der Waals surface area contributed by atoms with E-state index in [4.69, 9.17) is 0 Å². The van der Waals surface area contributed by atoms with Crippen molar-refractivity contribution in [1.29, 1.82) is 0 Å². The Morgan fingerprint density at radius 1 is 1.25 bits per heavy atom. The van der Waals surface area contributed by atoms with Crippen molar-refractivity contribution in [3.63, 3.8) is 0 Å². The maximum Gasteiger partial charge on any atom is 0.274 e. The molecule has 0 saturated carbocycles. The van der Waals surface area contributed by atoms with Crippen molar-refractivity contribution in [2.24, 2.45) is 7.05 Å². The predicted octanol–water partition coefficient (Wildman–Crippen LogP) is 2.32. The topological polar surface area (TPSA) is 76.0 Å². The molecule has 0 radical (unpaired) electrons. The number of carbonyl (C=O) groups is 1. The predicted molar refractivity (Wildman–Crippen MR) is 108 cm³/mol. The molecule has 2 N–H and O–H groups in total. The molecule has 0 saturated heterocycles. The number of aryl methyl sites for hydroxylation is 1. The van der Waals surface area contributed by atoms with Crippen LogP contribution in [0, 0.1) is 5.82 Å². The van der Waals surface area contributed by atoms with Crippen LogP contribution in [0.2, 0.25) is 0 Å². The molecule has 3 aromatic rings. The number of amides is 1. The first-order chi connectivity index (χ1) is 13.0. The number of nitrogens with one attached hydrogen (secondary N) is 2. The van der Waals surface area contributed by atoms with E-state index in [-0.39, 0.29) is 41.8 Å². The molecule has 0 spiro atoms. The molecular weight excluding hydrogens is 383 g/mol. The van der Waals surface area contributed by atoms with E-state index >= 15 is 0 Å². The minimum absolute atomic E-state index is 0. The summed E-state index contributed by atoms with van der Waals surface area (Å²) in [5, 5.41) is 11.2. The van der Waals surface area contributed by atoms with Crippen LogP contribution in [0.4, 0.5) is 10.1 Å². The van der Waals surface area contributed by atoms with Gasteiger partial charge in [0.2, 0.25) is 5.91 Å². The molecule has 0 fully saturated rings. The van der Waals surface area contributed by atoms with Gasteiger partial charge in [0.25, 0.3) is 5.56 Å². The summed E-state index contributed by atoms with van der Waals surface area (Å²) in [4.78, 5) is 24.7. The molecule has 0 atom stereocenters. The lowest BCUT2D eigenvalue weighted by Crippen LogP contribution is -2.26. The monoisotopic (exact) mass is 402 g/mol. The van der Waals surface area contributed by atoms with Crippen LogP contribution < -0.4 is 16.2 Å². The van der Waals surface area contributed by atoms with Crippen LogP contribution in [0.1, 0.15) is 16.8 Å². The average Bonchev–Trinajstić information content (AvgIpc) is 2.68. The van der Waals surface area contributed by atoms with Gasteiger partial charge in [0.1, 0.15) is 5.82 Å². The summed E-state index contributed by atoms with van der Waals surface area (Å²) in [6.45, 7) is 1.35. The number of halogens is 2. The first-order valence-corrected chi connectivity index (χ1v) is 8.80. The van der Waals surface area contributed by atoms with Gasteiger partial charge in [-0.05, 0) is 36.2 Å². The fourth-order valence-corrected chi connectivity index (χ4v) is 3.48. The van der Waals surface area contributed by atoms with Crippen LogP contribution in [-0.4, -0.2) is 22.2 Å². The molecule has 146 valence electrons. The third-order valence-corrected chi connectivity index (χ3v) is 4.84. The highest BCUT2D eigenvalue weighted by molar-refractivity contribution is 5.95. The summed E-state index contributed by atoms with van der Waals surface area (Å²) in [7, 11) is 1.55.